The maximum atomic E-state index is 12.6. The molecule has 140 valence electrons. The van der Waals surface area contributed by atoms with Crippen molar-refractivity contribution in [2.45, 2.75) is 45.1 Å². The maximum absolute atomic E-state index is 12.6. The normalized spacial score (nSPS) is 20.8. The summed E-state index contributed by atoms with van der Waals surface area (Å²) in [4.78, 5) is 37.4. The van der Waals surface area contributed by atoms with E-state index in [9.17, 15) is 14.4 Å². The van der Waals surface area contributed by atoms with Crippen LogP contribution < -0.4 is 5.32 Å². The van der Waals surface area contributed by atoms with E-state index in [1.165, 1.54) is 0 Å². The SMILES string of the molecule is O=C(NCc1ccc(C(=O)N2CCC[C@H](C(=O)O)C2)cc1)C1CCCC1. The summed E-state index contributed by atoms with van der Waals surface area (Å²) < 4.78 is 0. The predicted octanol–water partition coefficient (Wildman–Crippen LogP) is 2.43. The first kappa shape index (κ1) is 18.4. The number of nitrogens with zero attached hydrogens (tertiary/aromatic N) is 1. The molecular formula is C20H26N2O4. The van der Waals surface area contributed by atoms with Gasteiger partial charge in [-0.3, -0.25) is 14.4 Å². The lowest BCUT2D eigenvalue weighted by Crippen LogP contribution is -2.42. The maximum Gasteiger partial charge on any atom is 0.308 e. The molecular weight excluding hydrogens is 332 g/mol. The van der Waals surface area contributed by atoms with Crippen molar-refractivity contribution in [1.29, 1.82) is 0 Å². The van der Waals surface area contributed by atoms with Gasteiger partial charge in [-0.25, -0.2) is 0 Å². The number of hydrogen-bond donors (Lipinski definition) is 2. The van der Waals surface area contributed by atoms with E-state index >= 15 is 0 Å². The molecule has 0 spiro atoms. The van der Waals surface area contributed by atoms with Gasteiger partial charge >= 0.3 is 5.97 Å². The number of carboxylic acid groups (broad SMARTS) is 1. The number of rotatable bonds is 5. The lowest BCUT2D eigenvalue weighted by atomic mass is 9.97. The van der Waals surface area contributed by atoms with Crippen LogP contribution in [-0.2, 0) is 16.1 Å². The molecule has 2 amide bonds. The van der Waals surface area contributed by atoms with Crippen molar-refractivity contribution in [3.8, 4) is 0 Å². The predicted molar refractivity (Wildman–Crippen MR) is 96.5 cm³/mol. The number of carbonyl (C=O) groups is 3. The Kier molecular flexibility index (Phi) is 5.91. The minimum atomic E-state index is -0.837. The Morgan fingerprint density at radius 3 is 2.31 bits per heavy atom. The van der Waals surface area contributed by atoms with Crippen LogP contribution in [0.4, 0.5) is 0 Å². The number of carbonyl (C=O) groups excluding carboxylic acids is 2. The Labute approximate surface area is 153 Å². The van der Waals surface area contributed by atoms with E-state index in [0.717, 1.165) is 31.2 Å². The summed E-state index contributed by atoms with van der Waals surface area (Å²) in [5, 5.41) is 12.1. The Morgan fingerprint density at radius 1 is 1.00 bits per heavy atom. The summed E-state index contributed by atoms with van der Waals surface area (Å²) in [5.41, 5.74) is 1.51. The molecule has 1 aromatic carbocycles. The van der Waals surface area contributed by atoms with Gasteiger partial charge < -0.3 is 15.3 Å². The number of amides is 2. The second kappa shape index (κ2) is 8.34. The van der Waals surface area contributed by atoms with Gasteiger partial charge in [-0.15, -0.1) is 0 Å². The van der Waals surface area contributed by atoms with Crippen LogP contribution in [0.15, 0.2) is 24.3 Å². The molecule has 1 atom stereocenters. The van der Waals surface area contributed by atoms with Gasteiger partial charge in [0.1, 0.15) is 0 Å². The third-order valence-corrected chi connectivity index (χ3v) is 5.45. The molecule has 1 saturated heterocycles. The van der Waals surface area contributed by atoms with Crippen LogP contribution in [0.2, 0.25) is 0 Å². The zero-order chi connectivity index (χ0) is 18.5. The molecule has 3 rings (SSSR count). The molecule has 2 N–H and O–H groups in total. The van der Waals surface area contributed by atoms with Crippen molar-refractivity contribution in [1.82, 2.24) is 10.2 Å². The highest BCUT2D eigenvalue weighted by atomic mass is 16.4. The molecule has 0 unspecified atom stereocenters. The van der Waals surface area contributed by atoms with Crippen molar-refractivity contribution in [2.75, 3.05) is 13.1 Å². The zero-order valence-corrected chi connectivity index (χ0v) is 14.9. The number of aliphatic carboxylic acids is 1. The van der Waals surface area contributed by atoms with Crippen LogP contribution in [0.1, 0.15) is 54.4 Å². The van der Waals surface area contributed by atoms with Gasteiger partial charge in [0.2, 0.25) is 5.91 Å². The lowest BCUT2D eigenvalue weighted by molar-refractivity contribution is -0.143. The number of hydrogen-bond acceptors (Lipinski definition) is 3. The van der Waals surface area contributed by atoms with Crippen LogP contribution in [0.5, 0.6) is 0 Å². The van der Waals surface area contributed by atoms with Crippen molar-refractivity contribution >= 4 is 17.8 Å². The number of benzene rings is 1. The standard InChI is InChI=1S/C20H26N2O4/c23-18(15-4-1-2-5-15)21-12-14-7-9-16(10-8-14)19(24)22-11-3-6-17(13-22)20(25)26/h7-10,15,17H,1-6,11-13H2,(H,21,23)(H,25,26)/t17-/m0/s1. The molecule has 2 fully saturated rings. The molecule has 1 aromatic rings. The Bertz CT molecular complexity index is 665. The fraction of sp³-hybridized carbons (Fsp3) is 0.550. The summed E-state index contributed by atoms with van der Waals surface area (Å²) in [5.74, 6) is -1.17. The summed E-state index contributed by atoms with van der Waals surface area (Å²) in [7, 11) is 0. The second-order valence-electron chi connectivity index (χ2n) is 7.32. The average molecular weight is 358 g/mol. The van der Waals surface area contributed by atoms with E-state index in [1.54, 1.807) is 17.0 Å². The topological polar surface area (TPSA) is 86.7 Å². The van der Waals surface area contributed by atoms with Crippen LogP contribution in [-0.4, -0.2) is 40.9 Å². The molecule has 26 heavy (non-hydrogen) atoms. The Balaban J connectivity index is 1.54. The van der Waals surface area contributed by atoms with Gasteiger partial charge in [0, 0.05) is 31.1 Å². The highest BCUT2D eigenvalue weighted by molar-refractivity contribution is 5.94. The summed E-state index contributed by atoms with van der Waals surface area (Å²) in [6, 6.07) is 7.20. The molecule has 2 aliphatic rings. The van der Waals surface area contributed by atoms with Crippen molar-refractivity contribution in [3.05, 3.63) is 35.4 Å². The van der Waals surface area contributed by atoms with Gasteiger partial charge in [-0.1, -0.05) is 25.0 Å². The van der Waals surface area contributed by atoms with Crippen LogP contribution >= 0.6 is 0 Å². The Hall–Kier alpha value is -2.37. The average Bonchev–Trinajstić information content (AvgIpc) is 3.21. The van der Waals surface area contributed by atoms with Crippen molar-refractivity contribution < 1.29 is 19.5 Å². The number of likely N-dealkylation sites (tertiary alicyclic amines) is 1. The quantitative estimate of drug-likeness (QED) is 0.846. The highest BCUT2D eigenvalue weighted by Gasteiger charge is 2.28. The molecule has 1 aliphatic carbocycles. The molecule has 1 heterocycles. The molecule has 1 saturated carbocycles. The fourth-order valence-electron chi connectivity index (χ4n) is 3.83. The molecule has 0 bridgehead atoms. The van der Waals surface area contributed by atoms with Gasteiger partial charge in [0.25, 0.3) is 5.91 Å². The lowest BCUT2D eigenvalue weighted by Gasteiger charge is -2.30. The van der Waals surface area contributed by atoms with Gasteiger partial charge in [-0.2, -0.15) is 0 Å². The fourth-order valence-corrected chi connectivity index (χ4v) is 3.83. The van der Waals surface area contributed by atoms with Gasteiger partial charge in [-0.05, 0) is 43.4 Å². The smallest absolute Gasteiger partial charge is 0.308 e. The molecule has 0 radical (unpaired) electrons. The zero-order valence-electron chi connectivity index (χ0n) is 14.9. The van der Waals surface area contributed by atoms with Crippen molar-refractivity contribution in [2.24, 2.45) is 11.8 Å². The first-order chi connectivity index (χ1) is 12.5. The van der Waals surface area contributed by atoms with Gasteiger partial charge in [0.15, 0.2) is 0 Å². The van der Waals surface area contributed by atoms with E-state index < -0.39 is 11.9 Å². The van der Waals surface area contributed by atoms with E-state index in [4.69, 9.17) is 5.11 Å². The van der Waals surface area contributed by atoms with Crippen molar-refractivity contribution in [3.63, 3.8) is 0 Å². The number of nitrogens with one attached hydrogen (secondary N) is 1. The monoisotopic (exact) mass is 358 g/mol. The molecule has 6 heteroatoms. The van der Waals surface area contributed by atoms with Crippen LogP contribution in [0, 0.1) is 11.8 Å². The molecule has 6 nitrogen and oxygen atoms in total. The summed E-state index contributed by atoms with van der Waals surface area (Å²) >= 11 is 0. The largest absolute Gasteiger partial charge is 0.481 e. The highest BCUT2D eigenvalue weighted by Crippen LogP contribution is 2.24. The Morgan fingerprint density at radius 2 is 1.65 bits per heavy atom. The third kappa shape index (κ3) is 4.42. The van der Waals surface area contributed by atoms with Crippen LogP contribution in [0.3, 0.4) is 0 Å². The molecule has 1 aliphatic heterocycles. The summed E-state index contributed by atoms with van der Waals surface area (Å²) in [6.07, 6.45) is 5.56. The number of piperidine rings is 1. The molecule has 0 aromatic heterocycles. The first-order valence-corrected chi connectivity index (χ1v) is 9.43. The minimum Gasteiger partial charge on any atom is -0.481 e. The third-order valence-electron chi connectivity index (χ3n) is 5.45. The second-order valence-corrected chi connectivity index (χ2v) is 7.32. The van der Waals surface area contributed by atoms with E-state index in [1.807, 2.05) is 12.1 Å². The first-order valence-electron chi connectivity index (χ1n) is 9.43. The number of carboxylic acids is 1. The van der Waals surface area contributed by atoms with E-state index in [2.05, 4.69) is 5.32 Å². The van der Waals surface area contributed by atoms with E-state index in [-0.39, 0.29) is 24.3 Å². The van der Waals surface area contributed by atoms with E-state index in [0.29, 0.717) is 31.5 Å². The van der Waals surface area contributed by atoms with Crippen LogP contribution in [0.25, 0.3) is 0 Å². The summed E-state index contributed by atoms with van der Waals surface area (Å²) in [6.45, 7) is 1.34. The minimum absolute atomic E-state index is 0.121. The van der Waals surface area contributed by atoms with Gasteiger partial charge in [0.05, 0.1) is 5.92 Å².